The van der Waals surface area contributed by atoms with Gasteiger partial charge in [-0.25, -0.2) is 0 Å². The number of carbonyl (C=O) groups excluding carboxylic acids is 1. The highest BCUT2D eigenvalue weighted by molar-refractivity contribution is 5.84. The summed E-state index contributed by atoms with van der Waals surface area (Å²) >= 11 is 0. The lowest BCUT2D eigenvalue weighted by Gasteiger charge is -2.34. The monoisotopic (exact) mass is 239 g/mol. The molecular weight excluding hydrogens is 214 g/mol. The van der Waals surface area contributed by atoms with Gasteiger partial charge in [-0.3, -0.25) is 9.69 Å². The first-order chi connectivity index (χ1) is 7.98. The number of likely N-dealkylation sites (tertiary alicyclic amines) is 1. The van der Waals surface area contributed by atoms with Crippen LogP contribution in [0.2, 0.25) is 0 Å². The molecule has 1 amide bonds. The average molecular weight is 239 g/mol. The second-order valence-electron chi connectivity index (χ2n) is 5.85. The van der Waals surface area contributed by atoms with Crippen molar-refractivity contribution in [1.82, 2.24) is 4.90 Å². The van der Waals surface area contributed by atoms with Gasteiger partial charge in [-0.05, 0) is 45.4 Å². The number of hydrogen-bond donors (Lipinski definition) is 2. The van der Waals surface area contributed by atoms with Crippen LogP contribution in [0.4, 0.5) is 0 Å². The molecule has 4 unspecified atom stereocenters. The van der Waals surface area contributed by atoms with Crippen LogP contribution in [-0.4, -0.2) is 34.5 Å². The maximum Gasteiger partial charge on any atom is 0.237 e. The largest absolute Gasteiger partial charge is 0.368 e. The highest BCUT2D eigenvalue weighted by atomic mass is 16.1. The van der Waals surface area contributed by atoms with E-state index in [9.17, 15) is 4.79 Å². The molecule has 4 N–H and O–H groups in total. The SMILES string of the molecule is CCC1CCC(C)N1C1CCC(N)(C(N)=O)C1. The van der Waals surface area contributed by atoms with E-state index in [1.165, 1.54) is 19.3 Å². The molecule has 1 saturated carbocycles. The van der Waals surface area contributed by atoms with Crippen LogP contribution < -0.4 is 11.5 Å². The van der Waals surface area contributed by atoms with E-state index in [-0.39, 0.29) is 5.91 Å². The summed E-state index contributed by atoms with van der Waals surface area (Å²) in [4.78, 5) is 14.0. The van der Waals surface area contributed by atoms with Crippen molar-refractivity contribution in [3.63, 3.8) is 0 Å². The average Bonchev–Trinajstić information content (AvgIpc) is 2.83. The predicted molar refractivity (Wildman–Crippen MR) is 68.4 cm³/mol. The highest BCUT2D eigenvalue weighted by Crippen LogP contribution is 2.38. The van der Waals surface area contributed by atoms with Gasteiger partial charge in [0, 0.05) is 18.1 Å². The van der Waals surface area contributed by atoms with Crippen LogP contribution in [0.25, 0.3) is 0 Å². The van der Waals surface area contributed by atoms with E-state index in [1.54, 1.807) is 0 Å². The number of nitrogens with zero attached hydrogens (tertiary/aromatic N) is 1. The van der Waals surface area contributed by atoms with Gasteiger partial charge in [0.2, 0.25) is 5.91 Å². The Hall–Kier alpha value is -0.610. The molecular formula is C13H25N3O. The number of carbonyl (C=O) groups is 1. The third-order valence-corrected chi connectivity index (χ3v) is 4.76. The molecule has 0 radical (unpaired) electrons. The minimum atomic E-state index is -0.759. The summed E-state index contributed by atoms with van der Waals surface area (Å²) in [5, 5.41) is 0. The third kappa shape index (κ3) is 2.20. The number of primary amides is 1. The van der Waals surface area contributed by atoms with Crippen LogP contribution in [0, 0.1) is 0 Å². The molecule has 1 heterocycles. The van der Waals surface area contributed by atoms with Crippen molar-refractivity contribution in [3.8, 4) is 0 Å². The van der Waals surface area contributed by atoms with E-state index in [2.05, 4.69) is 18.7 Å². The normalized spacial score (nSPS) is 43.1. The molecule has 4 nitrogen and oxygen atoms in total. The van der Waals surface area contributed by atoms with Gasteiger partial charge in [-0.2, -0.15) is 0 Å². The summed E-state index contributed by atoms with van der Waals surface area (Å²) in [6, 6.07) is 1.75. The Bertz CT molecular complexity index is 307. The summed E-state index contributed by atoms with van der Waals surface area (Å²) in [6.45, 7) is 4.53. The Balaban J connectivity index is 2.07. The molecule has 0 bridgehead atoms. The predicted octanol–water partition coefficient (Wildman–Crippen LogP) is 0.985. The van der Waals surface area contributed by atoms with Crippen molar-refractivity contribution in [3.05, 3.63) is 0 Å². The first kappa shape index (κ1) is 12.8. The second-order valence-corrected chi connectivity index (χ2v) is 5.85. The highest BCUT2D eigenvalue weighted by Gasteiger charge is 2.46. The van der Waals surface area contributed by atoms with Gasteiger partial charge in [-0.1, -0.05) is 6.92 Å². The summed E-state index contributed by atoms with van der Waals surface area (Å²) in [5.74, 6) is -0.333. The summed E-state index contributed by atoms with van der Waals surface area (Å²) < 4.78 is 0. The molecule has 1 saturated heterocycles. The zero-order valence-electron chi connectivity index (χ0n) is 11.0. The third-order valence-electron chi connectivity index (χ3n) is 4.76. The maximum absolute atomic E-state index is 11.4. The molecule has 0 spiro atoms. The quantitative estimate of drug-likeness (QED) is 0.771. The standard InChI is InChI=1S/C13H25N3O/c1-3-10-5-4-9(2)16(10)11-6-7-13(15,8-11)12(14)17/h9-11H,3-8,15H2,1-2H3,(H2,14,17). The van der Waals surface area contributed by atoms with Crippen LogP contribution in [-0.2, 0) is 4.79 Å². The zero-order chi connectivity index (χ0) is 12.6. The van der Waals surface area contributed by atoms with Crippen molar-refractivity contribution >= 4 is 5.91 Å². The van der Waals surface area contributed by atoms with Gasteiger partial charge in [-0.15, -0.1) is 0 Å². The maximum atomic E-state index is 11.4. The number of hydrogen-bond acceptors (Lipinski definition) is 3. The molecule has 0 aromatic rings. The number of amides is 1. The molecule has 17 heavy (non-hydrogen) atoms. The minimum Gasteiger partial charge on any atom is -0.368 e. The molecule has 2 rings (SSSR count). The molecule has 2 fully saturated rings. The Kier molecular flexibility index (Phi) is 3.46. The van der Waals surface area contributed by atoms with E-state index < -0.39 is 5.54 Å². The van der Waals surface area contributed by atoms with Crippen molar-refractivity contribution < 1.29 is 4.79 Å². The number of rotatable bonds is 3. The Labute approximate surface area is 104 Å². The Morgan fingerprint density at radius 2 is 2.12 bits per heavy atom. The van der Waals surface area contributed by atoms with E-state index in [1.807, 2.05) is 0 Å². The van der Waals surface area contributed by atoms with Crippen LogP contribution >= 0.6 is 0 Å². The molecule has 1 aliphatic carbocycles. The first-order valence-corrected chi connectivity index (χ1v) is 6.84. The van der Waals surface area contributed by atoms with Gasteiger partial charge in [0.1, 0.15) is 0 Å². The van der Waals surface area contributed by atoms with Crippen LogP contribution in [0.5, 0.6) is 0 Å². The fourth-order valence-corrected chi connectivity index (χ4v) is 3.69. The fourth-order valence-electron chi connectivity index (χ4n) is 3.69. The topological polar surface area (TPSA) is 72.3 Å². The first-order valence-electron chi connectivity index (χ1n) is 6.84. The van der Waals surface area contributed by atoms with Gasteiger partial charge in [0.15, 0.2) is 0 Å². The van der Waals surface area contributed by atoms with Crippen LogP contribution in [0.3, 0.4) is 0 Å². The smallest absolute Gasteiger partial charge is 0.237 e. The van der Waals surface area contributed by atoms with Crippen molar-refractivity contribution in [1.29, 1.82) is 0 Å². The van der Waals surface area contributed by atoms with Crippen LogP contribution in [0.1, 0.15) is 52.4 Å². The molecule has 0 aromatic heterocycles. The van der Waals surface area contributed by atoms with E-state index in [4.69, 9.17) is 11.5 Å². The minimum absolute atomic E-state index is 0.333. The molecule has 4 heteroatoms. The molecule has 1 aliphatic heterocycles. The Morgan fingerprint density at radius 3 is 2.65 bits per heavy atom. The zero-order valence-corrected chi connectivity index (χ0v) is 11.0. The summed E-state index contributed by atoms with van der Waals surface area (Å²) in [7, 11) is 0. The Morgan fingerprint density at radius 1 is 1.41 bits per heavy atom. The van der Waals surface area contributed by atoms with Gasteiger partial charge in [0.05, 0.1) is 5.54 Å². The number of nitrogens with two attached hydrogens (primary N) is 2. The van der Waals surface area contributed by atoms with Gasteiger partial charge >= 0.3 is 0 Å². The molecule has 4 atom stereocenters. The lowest BCUT2D eigenvalue weighted by Crippen LogP contribution is -2.52. The molecule has 2 aliphatic rings. The molecule has 98 valence electrons. The van der Waals surface area contributed by atoms with Crippen LogP contribution in [0.15, 0.2) is 0 Å². The van der Waals surface area contributed by atoms with Crippen molar-refractivity contribution in [2.24, 2.45) is 11.5 Å². The lowest BCUT2D eigenvalue weighted by molar-refractivity contribution is -0.123. The van der Waals surface area contributed by atoms with Gasteiger partial charge < -0.3 is 11.5 Å². The van der Waals surface area contributed by atoms with Crippen molar-refractivity contribution in [2.45, 2.75) is 76.0 Å². The summed E-state index contributed by atoms with van der Waals surface area (Å²) in [5.41, 5.74) is 10.7. The lowest BCUT2D eigenvalue weighted by atomic mass is 9.97. The fraction of sp³-hybridized carbons (Fsp3) is 0.923. The molecule has 0 aromatic carbocycles. The van der Waals surface area contributed by atoms with Gasteiger partial charge in [0.25, 0.3) is 0 Å². The van der Waals surface area contributed by atoms with E-state index in [0.29, 0.717) is 18.1 Å². The van der Waals surface area contributed by atoms with E-state index in [0.717, 1.165) is 19.3 Å². The summed E-state index contributed by atoms with van der Waals surface area (Å²) in [6.07, 6.45) is 6.23. The second kappa shape index (κ2) is 4.58. The van der Waals surface area contributed by atoms with E-state index >= 15 is 0 Å². The van der Waals surface area contributed by atoms with Crippen molar-refractivity contribution in [2.75, 3.05) is 0 Å².